The number of rotatable bonds is 10. The Labute approximate surface area is 236 Å². The molecule has 40 heavy (non-hydrogen) atoms. The Morgan fingerprint density at radius 2 is 1.75 bits per heavy atom. The lowest BCUT2D eigenvalue weighted by Crippen LogP contribution is -2.78. The van der Waals surface area contributed by atoms with Crippen LogP contribution in [-0.2, 0) is 21.4 Å². The first-order valence-electron chi connectivity index (χ1n) is 13.1. The van der Waals surface area contributed by atoms with Gasteiger partial charge in [0.15, 0.2) is 5.78 Å². The number of phenols is 1. The molecule has 0 aromatic heterocycles. The van der Waals surface area contributed by atoms with Gasteiger partial charge in [-0.15, -0.1) is 0 Å². The van der Waals surface area contributed by atoms with Crippen LogP contribution in [0, 0.1) is 5.41 Å². The summed E-state index contributed by atoms with van der Waals surface area (Å²) >= 11 is 6.03. The molecule has 1 aliphatic heterocycles. The van der Waals surface area contributed by atoms with Crippen molar-refractivity contribution in [2.24, 2.45) is 10.4 Å². The maximum atomic E-state index is 13.9. The second kappa shape index (κ2) is 9.73. The van der Waals surface area contributed by atoms with Gasteiger partial charge in [0.05, 0.1) is 5.54 Å². The van der Waals surface area contributed by atoms with Crippen molar-refractivity contribution in [2.45, 2.75) is 87.1 Å². The van der Waals surface area contributed by atoms with E-state index in [9.17, 15) is 31.5 Å². The van der Waals surface area contributed by atoms with Crippen LogP contribution in [0.3, 0.4) is 0 Å². The zero-order valence-electron chi connectivity index (χ0n) is 22.1. The number of aliphatic imine (C=N–C) groups is 1. The Bertz CT molecular complexity index is 1440. The van der Waals surface area contributed by atoms with Crippen molar-refractivity contribution in [3.8, 4) is 5.75 Å². The summed E-state index contributed by atoms with van der Waals surface area (Å²) in [5.41, 5.74) is -1.17. The Hall–Kier alpha value is -2.63. The molecule has 0 spiro atoms. The number of carbonyl (C=O) groups excluding carboxylic acids is 1. The zero-order valence-corrected chi connectivity index (χ0v) is 23.7. The molecule has 6 rings (SSSR count). The van der Waals surface area contributed by atoms with E-state index in [1.54, 1.807) is 50.2 Å². The van der Waals surface area contributed by atoms with Gasteiger partial charge in [-0.3, -0.25) is 9.79 Å². The number of alkyl halides is 3. The Balaban J connectivity index is 1.37. The molecule has 0 amide bonds. The zero-order chi connectivity index (χ0) is 29.1. The number of halogens is 4. The van der Waals surface area contributed by atoms with Crippen molar-refractivity contribution >= 4 is 33.2 Å². The molecule has 7 nitrogen and oxygen atoms in total. The van der Waals surface area contributed by atoms with Crippen LogP contribution in [-0.4, -0.2) is 52.7 Å². The highest BCUT2D eigenvalue weighted by atomic mass is 35.5. The van der Waals surface area contributed by atoms with Gasteiger partial charge < -0.3 is 10.4 Å². The summed E-state index contributed by atoms with van der Waals surface area (Å²) in [5.74, 6) is -0.0649. The van der Waals surface area contributed by atoms with Crippen LogP contribution in [0.1, 0.15) is 57.9 Å². The molecule has 3 saturated carbocycles. The van der Waals surface area contributed by atoms with Crippen molar-refractivity contribution in [3.63, 3.8) is 0 Å². The average Bonchev–Trinajstić information content (AvgIpc) is 3.12. The second-order valence-electron chi connectivity index (χ2n) is 11.8. The molecule has 0 radical (unpaired) electrons. The smallest absolute Gasteiger partial charge is 0.389 e. The summed E-state index contributed by atoms with van der Waals surface area (Å²) in [6.07, 6.45) is -4.41. The molecule has 0 unspecified atom stereocenters. The molecular formula is C28H31ClF3N3O4S. The summed E-state index contributed by atoms with van der Waals surface area (Å²) in [6.45, 7) is 3.68. The summed E-state index contributed by atoms with van der Waals surface area (Å²) in [5, 5.41) is 14.2. The minimum atomic E-state index is -4.31. The Kier molecular flexibility index (Phi) is 7.03. The van der Waals surface area contributed by atoms with Crippen LogP contribution in [0.4, 0.5) is 13.2 Å². The number of Topliss-reactive ketones (excluding diaryl/α,β-unsaturated/α-hetero) is 1. The van der Waals surface area contributed by atoms with E-state index < -0.39 is 45.2 Å². The van der Waals surface area contributed by atoms with E-state index >= 15 is 0 Å². The second-order valence-corrected chi connectivity index (χ2v) is 14.1. The van der Waals surface area contributed by atoms with Crippen LogP contribution >= 0.6 is 11.6 Å². The van der Waals surface area contributed by atoms with Gasteiger partial charge in [-0.2, -0.15) is 17.5 Å². The number of para-hydroxylation sites is 1. The van der Waals surface area contributed by atoms with E-state index in [2.05, 4.69) is 10.3 Å². The molecule has 2 bridgehead atoms. The molecule has 12 heteroatoms. The van der Waals surface area contributed by atoms with E-state index in [0.717, 1.165) is 5.56 Å². The highest BCUT2D eigenvalue weighted by Crippen LogP contribution is 2.71. The summed E-state index contributed by atoms with van der Waals surface area (Å²) in [7, 11) is -4.10. The third kappa shape index (κ3) is 5.12. The maximum Gasteiger partial charge on any atom is 0.389 e. The molecule has 3 fully saturated rings. The van der Waals surface area contributed by atoms with Gasteiger partial charge in [-0.05, 0) is 69.4 Å². The fourth-order valence-corrected chi connectivity index (χ4v) is 8.32. The lowest BCUT2D eigenvalue weighted by atomic mass is 9.38. The quantitative estimate of drug-likeness (QED) is 0.371. The molecular weight excluding hydrogens is 567 g/mol. The third-order valence-electron chi connectivity index (χ3n) is 8.28. The number of ketones is 1. The summed E-state index contributed by atoms with van der Waals surface area (Å²) < 4.78 is 66.9. The van der Waals surface area contributed by atoms with Gasteiger partial charge in [0.2, 0.25) is 10.0 Å². The molecule has 2 aromatic rings. The number of nitrogens with zero attached hydrogens (tertiary/aromatic N) is 2. The largest absolute Gasteiger partial charge is 0.507 e. The monoisotopic (exact) mass is 597 g/mol. The SMILES string of the molecule is CC1(C)NC(C23CC(N(Cc4ccc(Cl)cc4)S(=O)(=O)c4ccccc4O)(C2)C3)=N[C@H]1C(=O)CCCC(F)(F)F. The average molecular weight is 598 g/mol. The predicted octanol–water partition coefficient (Wildman–Crippen LogP) is 5.61. The fraction of sp³-hybridized carbons (Fsp3) is 0.500. The number of aromatic hydroxyl groups is 1. The molecule has 4 aliphatic rings. The van der Waals surface area contributed by atoms with Gasteiger partial charge in [-0.25, -0.2) is 8.42 Å². The molecule has 3 aliphatic carbocycles. The van der Waals surface area contributed by atoms with Gasteiger partial charge >= 0.3 is 6.18 Å². The summed E-state index contributed by atoms with van der Waals surface area (Å²) in [4.78, 5) is 17.3. The first kappa shape index (κ1) is 28.9. The van der Waals surface area contributed by atoms with Gasteiger partial charge in [0.1, 0.15) is 22.5 Å². The number of phenolic OH excluding ortho intramolecular Hbond substituents is 1. The molecule has 2 aromatic carbocycles. The van der Waals surface area contributed by atoms with Gasteiger partial charge in [-0.1, -0.05) is 35.9 Å². The molecule has 0 saturated heterocycles. The standard InChI is InChI=1S/C28H31ClF3N3O4S/c1-25(2)23(21(37)7-5-13-28(30,31)32)33-24(34-25)26-15-27(16-26,17-26)35(14-18-9-11-19(29)12-10-18)40(38,39)22-8-4-3-6-20(22)36/h3-4,6,8-12,23,36H,5,7,13-17H2,1-2H3,(H,33,34)/t23-,26?,27?/m0/s1. The highest BCUT2D eigenvalue weighted by Gasteiger charge is 2.75. The minimum absolute atomic E-state index is 0.0790. The van der Waals surface area contributed by atoms with Crippen molar-refractivity contribution in [2.75, 3.05) is 0 Å². The first-order valence-corrected chi connectivity index (χ1v) is 14.9. The Morgan fingerprint density at radius 3 is 2.35 bits per heavy atom. The number of benzene rings is 2. The molecule has 1 atom stereocenters. The number of nitrogens with one attached hydrogen (secondary N) is 1. The fourth-order valence-electron chi connectivity index (χ4n) is 6.35. The number of carbonyl (C=O) groups is 1. The van der Waals surface area contributed by atoms with E-state index in [4.69, 9.17) is 11.6 Å². The predicted molar refractivity (Wildman–Crippen MR) is 145 cm³/mol. The van der Waals surface area contributed by atoms with E-state index in [-0.39, 0.29) is 35.8 Å². The maximum absolute atomic E-state index is 13.9. The van der Waals surface area contributed by atoms with Crippen LogP contribution in [0.2, 0.25) is 5.02 Å². The number of hydrogen-bond donors (Lipinski definition) is 2. The molecule has 216 valence electrons. The minimum Gasteiger partial charge on any atom is -0.507 e. The lowest BCUT2D eigenvalue weighted by molar-refractivity contribution is -0.151. The van der Waals surface area contributed by atoms with E-state index in [0.29, 0.717) is 30.1 Å². The van der Waals surface area contributed by atoms with Crippen LogP contribution in [0.25, 0.3) is 0 Å². The number of sulfonamides is 1. The van der Waals surface area contributed by atoms with Gasteiger partial charge in [0, 0.05) is 35.4 Å². The van der Waals surface area contributed by atoms with Gasteiger partial charge in [0.25, 0.3) is 0 Å². The number of hydrogen-bond acceptors (Lipinski definition) is 6. The highest BCUT2D eigenvalue weighted by molar-refractivity contribution is 7.89. The van der Waals surface area contributed by atoms with Crippen LogP contribution < -0.4 is 5.32 Å². The normalized spacial score (nSPS) is 27.0. The van der Waals surface area contributed by atoms with Crippen LogP contribution in [0.5, 0.6) is 5.75 Å². The summed E-state index contributed by atoms with van der Waals surface area (Å²) in [6, 6.07) is 11.9. The molecule has 1 heterocycles. The van der Waals surface area contributed by atoms with Crippen molar-refractivity contribution in [1.29, 1.82) is 0 Å². The van der Waals surface area contributed by atoms with Crippen molar-refractivity contribution in [1.82, 2.24) is 9.62 Å². The molecule has 2 N–H and O–H groups in total. The third-order valence-corrected chi connectivity index (χ3v) is 10.5. The van der Waals surface area contributed by atoms with E-state index in [1.807, 2.05) is 0 Å². The lowest BCUT2D eigenvalue weighted by Gasteiger charge is -2.73. The Morgan fingerprint density at radius 1 is 1.12 bits per heavy atom. The first-order chi connectivity index (χ1) is 18.6. The van der Waals surface area contributed by atoms with E-state index in [1.165, 1.54) is 16.4 Å². The number of amidine groups is 1. The van der Waals surface area contributed by atoms with Crippen molar-refractivity contribution < 1.29 is 31.5 Å². The van der Waals surface area contributed by atoms with Crippen molar-refractivity contribution in [3.05, 3.63) is 59.1 Å². The topological polar surface area (TPSA) is 99.1 Å². The van der Waals surface area contributed by atoms with Crippen LogP contribution in [0.15, 0.2) is 58.4 Å².